The Labute approximate surface area is 100 Å². The number of H-pyrrole nitrogens is 1. The van der Waals surface area contributed by atoms with Crippen molar-refractivity contribution in [3.63, 3.8) is 0 Å². The van der Waals surface area contributed by atoms with Gasteiger partial charge in [-0.1, -0.05) is 0 Å². The van der Waals surface area contributed by atoms with Crippen LogP contribution >= 0.6 is 0 Å². The van der Waals surface area contributed by atoms with Crippen LogP contribution < -0.4 is 0 Å². The highest BCUT2D eigenvalue weighted by Crippen LogP contribution is 2.30. The van der Waals surface area contributed by atoms with Gasteiger partial charge in [0.15, 0.2) is 6.29 Å². The van der Waals surface area contributed by atoms with E-state index in [9.17, 15) is 0 Å². The number of aromatic nitrogens is 2. The van der Waals surface area contributed by atoms with Gasteiger partial charge in [-0.3, -0.25) is 5.10 Å². The van der Waals surface area contributed by atoms with Gasteiger partial charge >= 0.3 is 0 Å². The molecule has 1 aliphatic carbocycles. The molecule has 5 heteroatoms. The maximum absolute atomic E-state index is 5.90. The molecule has 2 heterocycles. The average molecular weight is 238 g/mol. The number of ether oxygens (including phenoxy) is 3. The fourth-order valence-corrected chi connectivity index (χ4v) is 2.47. The lowest BCUT2D eigenvalue weighted by molar-refractivity contribution is -0.0722. The van der Waals surface area contributed by atoms with Gasteiger partial charge in [0.2, 0.25) is 0 Å². The molecular weight excluding hydrogens is 220 g/mol. The molecule has 1 atom stereocenters. The second kappa shape index (κ2) is 5.16. The summed E-state index contributed by atoms with van der Waals surface area (Å²) in [6, 6.07) is 0. The van der Waals surface area contributed by atoms with Crippen molar-refractivity contribution in [3.8, 4) is 0 Å². The van der Waals surface area contributed by atoms with E-state index in [0.717, 1.165) is 25.0 Å². The number of aromatic amines is 1. The quantitative estimate of drug-likeness (QED) is 0.865. The molecule has 1 N–H and O–H groups in total. The van der Waals surface area contributed by atoms with Crippen LogP contribution in [0.1, 0.15) is 36.6 Å². The summed E-state index contributed by atoms with van der Waals surface area (Å²) in [5, 5.41) is 7.13. The van der Waals surface area contributed by atoms with Crippen molar-refractivity contribution in [2.24, 2.45) is 0 Å². The fourth-order valence-electron chi connectivity index (χ4n) is 2.47. The van der Waals surface area contributed by atoms with Crippen LogP contribution in [0.25, 0.3) is 0 Å². The third-order valence-electron chi connectivity index (χ3n) is 3.35. The largest absolute Gasteiger partial charge is 0.372 e. The van der Waals surface area contributed by atoms with Crippen molar-refractivity contribution < 1.29 is 14.2 Å². The molecule has 1 fully saturated rings. The average Bonchev–Trinajstić information content (AvgIpc) is 2.99. The van der Waals surface area contributed by atoms with E-state index in [4.69, 9.17) is 14.2 Å². The van der Waals surface area contributed by atoms with Gasteiger partial charge in [0.25, 0.3) is 0 Å². The molecule has 94 valence electrons. The van der Waals surface area contributed by atoms with Crippen LogP contribution in [0.5, 0.6) is 0 Å². The minimum absolute atomic E-state index is 0.0696. The second-order valence-corrected chi connectivity index (χ2v) is 4.52. The van der Waals surface area contributed by atoms with Gasteiger partial charge in [0, 0.05) is 6.42 Å². The van der Waals surface area contributed by atoms with E-state index in [1.807, 2.05) is 6.20 Å². The Morgan fingerprint density at radius 3 is 3.18 bits per heavy atom. The zero-order valence-electron chi connectivity index (χ0n) is 9.85. The summed E-state index contributed by atoms with van der Waals surface area (Å²) >= 11 is 0. The van der Waals surface area contributed by atoms with Crippen LogP contribution in [0.15, 0.2) is 6.20 Å². The first-order chi connectivity index (χ1) is 8.43. The molecule has 1 saturated heterocycles. The Morgan fingerprint density at radius 1 is 1.41 bits per heavy atom. The summed E-state index contributed by atoms with van der Waals surface area (Å²) in [5.74, 6) is 0. The smallest absolute Gasteiger partial charge is 0.160 e. The lowest BCUT2D eigenvalue weighted by Gasteiger charge is -2.22. The van der Waals surface area contributed by atoms with E-state index in [2.05, 4.69) is 10.2 Å². The third kappa shape index (κ3) is 2.51. The van der Waals surface area contributed by atoms with E-state index in [0.29, 0.717) is 19.8 Å². The van der Waals surface area contributed by atoms with Gasteiger partial charge in [0.05, 0.1) is 37.8 Å². The molecule has 0 unspecified atom stereocenters. The first-order valence-electron chi connectivity index (χ1n) is 6.30. The molecule has 5 nitrogen and oxygen atoms in total. The topological polar surface area (TPSA) is 56.4 Å². The van der Waals surface area contributed by atoms with E-state index < -0.39 is 0 Å². The van der Waals surface area contributed by atoms with Crippen molar-refractivity contribution in [1.29, 1.82) is 0 Å². The van der Waals surface area contributed by atoms with E-state index in [1.54, 1.807) is 0 Å². The molecule has 17 heavy (non-hydrogen) atoms. The molecule has 0 radical (unpaired) electrons. The predicted octanol–water partition coefficient (Wildman–Crippen LogP) is 1.57. The first-order valence-corrected chi connectivity index (χ1v) is 6.30. The van der Waals surface area contributed by atoms with Crippen LogP contribution in [0, 0.1) is 0 Å². The number of nitrogens with zero attached hydrogens (tertiary/aromatic N) is 1. The lowest BCUT2D eigenvalue weighted by Crippen LogP contribution is -2.16. The highest BCUT2D eigenvalue weighted by Gasteiger charge is 2.23. The molecule has 2 aliphatic rings. The minimum Gasteiger partial charge on any atom is -0.372 e. The van der Waals surface area contributed by atoms with Crippen LogP contribution in [0.3, 0.4) is 0 Å². The molecule has 0 amide bonds. The van der Waals surface area contributed by atoms with Crippen molar-refractivity contribution >= 4 is 0 Å². The molecule has 3 rings (SSSR count). The molecule has 1 aliphatic heterocycles. The zero-order chi connectivity index (χ0) is 11.5. The van der Waals surface area contributed by atoms with Crippen molar-refractivity contribution in [2.45, 2.75) is 38.1 Å². The first kappa shape index (κ1) is 11.2. The number of rotatable bonds is 4. The Hall–Kier alpha value is -0.910. The van der Waals surface area contributed by atoms with Crippen LogP contribution in [-0.4, -0.2) is 36.3 Å². The zero-order valence-corrected chi connectivity index (χ0v) is 9.85. The van der Waals surface area contributed by atoms with Crippen LogP contribution in [0.4, 0.5) is 0 Å². The van der Waals surface area contributed by atoms with Gasteiger partial charge in [-0.25, -0.2) is 0 Å². The number of hydrogen-bond donors (Lipinski definition) is 1. The predicted molar refractivity (Wildman–Crippen MR) is 60.5 cm³/mol. The van der Waals surface area contributed by atoms with Gasteiger partial charge in [0.1, 0.15) is 0 Å². The highest BCUT2D eigenvalue weighted by molar-refractivity contribution is 5.21. The molecule has 0 aromatic carbocycles. The third-order valence-corrected chi connectivity index (χ3v) is 3.35. The lowest BCUT2D eigenvalue weighted by atomic mass is 9.96. The summed E-state index contributed by atoms with van der Waals surface area (Å²) in [4.78, 5) is 0. The summed E-state index contributed by atoms with van der Waals surface area (Å²) in [7, 11) is 0. The number of aryl methyl sites for hydroxylation is 1. The molecule has 1 aromatic rings. The molecule has 0 saturated carbocycles. The number of hydrogen-bond acceptors (Lipinski definition) is 4. The SMILES string of the molecule is c1n[nH]c2c1CCC[C@@H]2OCCC1OCCO1. The normalized spacial score (nSPS) is 25.1. The van der Waals surface area contributed by atoms with Crippen LogP contribution in [-0.2, 0) is 20.6 Å². The fraction of sp³-hybridized carbons (Fsp3) is 0.750. The molecule has 0 spiro atoms. The summed E-state index contributed by atoms with van der Waals surface area (Å²) in [6.07, 6.45) is 6.17. The number of fused-ring (bicyclic) bond motifs is 1. The maximum atomic E-state index is 5.90. The Kier molecular flexibility index (Phi) is 3.40. The molecular formula is C12H18N2O3. The highest BCUT2D eigenvalue weighted by atomic mass is 16.7. The Balaban J connectivity index is 1.49. The Bertz CT molecular complexity index is 360. The van der Waals surface area contributed by atoms with E-state index >= 15 is 0 Å². The number of nitrogens with one attached hydrogen (secondary N) is 1. The van der Waals surface area contributed by atoms with Crippen LogP contribution in [0.2, 0.25) is 0 Å². The van der Waals surface area contributed by atoms with Gasteiger partial charge in [-0.05, 0) is 24.8 Å². The summed E-state index contributed by atoms with van der Waals surface area (Å²) < 4.78 is 16.6. The maximum Gasteiger partial charge on any atom is 0.160 e. The van der Waals surface area contributed by atoms with Crippen molar-refractivity contribution in [3.05, 3.63) is 17.5 Å². The van der Waals surface area contributed by atoms with E-state index in [1.165, 1.54) is 12.0 Å². The summed E-state index contributed by atoms with van der Waals surface area (Å²) in [5.41, 5.74) is 2.46. The molecule has 0 bridgehead atoms. The van der Waals surface area contributed by atoms with Gasteiger partial charge in [-0.2, -0.15) is 5.10 Å². The second-order valence-electron chi connectivity index (χ2n) is 4.52. The standard InChI is InChI=1S/C12H18N2O3/c1-2-9-8-13-14-12(9)10(3-1)15-5-4-11-16-6-7-17-11/h8,10-11H,1-7H2,(H,13,14)/t10-/m0/s1. The minimum atomic E-state index is -0.0696. The van der Waals surface area contributed by atoms with Crippen molar-refractivity contribution in [2.75, 3.05) is 19.8 Å². The van der Waals surface area contributed by atoms with Gasteiger partial charge in [-0.15, -0.1) is 0 Å². The van der Waals surface area contributed by atoms with Gasteiger partial charge < -0.3 is 14.2 Å². The monoisotopic (exact) mass is 238 g/mol. The summed E-state index contributed by atoms with van der Waals surface area (Å²) in [6.45, 7) is 2.09. The molecule has 1 aromatic heterocycles. The van der Waals surface area contributed by atoms with E-state index in [-0.39, 0.29) is 12.4 Å². The Morgan fingerprint density at radius 2 is 2.29 bits per heavy atom. The van der Waals surface area contributed by atoms with Crippen molar-refractivity contribution in [1.82, 2.24) is 10.2 Å².